The normalized spacial score (nSPS) is 10.4. The molecule has 3 heterocycles. The maximum atomic E-state index is 11.9. The number of hydrogen-bond acceptors (Lipinski definition) is 6. The molecule has 7 nitrogen and oxygen atoms in total. The Kier molecular flexibility index (Phi) is 4.66. The SMILES string of the molecule is Cc1cc(=O)c(OCC(=O)Nc2nc(-c3ccccn3)cs2)c[nH]1. The number of amides is 1. The summed E-state index contributed by atoms with van der Waals surface area (Å²) in [5.74, 6) is -0.291. The van der Waals surface area contributed by atoms with Crippen molar-refractivity contribution in [3.05, 3.63) is 58.0 Å². The largest absolute Gasteiger partial charge is 0.478 e. The molecule has 8 heteroatoms. The molecule has 0 spiro atoms. The number of hydrogen-bond donors (Lipinski definition) is 2. The van der Waals surface area contributed by atoms with Crippen LogP contribution >= 0.6 is 11.3 Å². The summed E-state index contributed by atoms with van der Waals surface area (Å²) in [6, 6.07) is 6.94. The van der Waals surface area contributed by atoms with Gasteiger partial charge < -0.3 is 9.72 Å². The Morgan fingerprint density at radius 2 is 2.25 bits per heavy atom. The maximum Gasteiger partial charge on any atom is 0.264 e. The van der Waals surface area contributed by atoms with E-state index in [4.69, 9.17) is 4.74 Å². The summed E-state index contributed by atoms with van der Waals surface area (Å²) in [5.41, 5.74) is 1.87. The highest BCUT2D eigenvalue weighted by atomic mass is 32.1. The lowest BCUT2D eigenvalue weighted by molar-refractivity contribution is -0.118. The van der Waals surface area contributed by atoms with Gasteiger partial charge in [0.15, 0.2) is 17.5 Å². The van der Waals surface area contributed by atoms with Crippen molar-refractivity contribution >= 4 is 22.4 Å². The topological polar surface area (TPSA) is 97.0 Å². The zero-order valence-electron chi connectivity index (χ0n) is 12.8. The first kappa shape index (κ1) is 15.9. The quantitative estimate of drug-likeness (QED) is 0.741. The summed E-state index contributed by atoms with van der Waals surface area (Å²) in [5, 5.41) is 4.89. The van der Waals surface area contributed by atoms with Crippen molar-refractivity contribution in [2.45, 2.75) is 6.92 Å². The molecule has 3 aromatic heterocycles. The van der Waals surface area contributed by atoms with E-state index in [2.05, 4.69) is 20.3 Å². The van der Waals surface area contributed by atoms with Crippen LogP contribution in [0.5, 0.6) is 5.75 Å². The summed E-state index contributed by atoms with van der Waals surface area (Å²) in [6.45, 7) is 1.49. The fourth-order valence-electron chi connectivity index (χ4n) is 1.93. The van der Waals surface area contributed by atoms with Crippen LogP contribution in [0.4, 0.5) is 5.13 Å². The van der Waals surface area contributed by atoms with Crippen LogP contribution in [0.2, 0.25) is 0 Å². The van der Waals surface area contributed by atoms with Crippen molar-refractivity contribution in [1.82, 2.24) is 15.0 Å². The Morgan fingerprint density at radius 3 is 3.00 bits per heavy atom. The number of aryl methyl sites for hydroxylation is 1. The predicted molar refractivity (Wildman–Crippen MR) is 91.3 cm³/mol. The van der Waals surface area contributed by atoms with Gasteiger partial charge in [-0.2, -0.15) is 0 Å². The van der Waals surface area contributed by atoms with E-state index in [9.17, 15) is 9.59 Å². The summed E-state index contributed by atoms with van der Waals surface area (Å²) in [6.07, 6.45) is 3.12. The first-order valence-electron chi connectivity index (χ1n) is 7.11. The van der Waals surface area contributed by atoms with Crippen LogP contribution in [0.25, 0.3) is 11.4 Å². The van der Waals surface area contributed by atoms with Crippen LogP contribution in [-0.4, -0.2) is 27.5 Å². The van der Waals surface area contributed by atoms with E-state index < -0.39 is 5.91 Å². The van der Waals surface area contributed by atoms with Crippen molar-refractivity contribution in [1.29, 1.82) is 0 Å². The number of aromatic nitrogens is 3. The molecule has 0 atom stereocenters. The van der Waals surface area contributed by atoms with Crippen LogP contribution in [0.1, 0.15) is 5.69 Å². The van der Waals surface area contributed by atoms with Gasteiger partial charge in [-0.15, -0.1) is 11.3 Å². The molecular formula is C16H14N4O3S. The molecule has 0 bridgehead atoms. The third-order valence-corrected chi connectivity index (χ3v) is 3.82. The van der Waals surface area contributed by atoms with Crippen LogP contribution in [0, 0.1) is 6.92 Å². The summed E-state index contributed by atoms with van der Waals surface area (Å²) >= 11 is 1.29. The Hall–Kier alpha value is -3.00. The lowest BCUT2D eigenvalue weighted by Gasteiger charge is -2.05. The molecule has 0 aromatic carbocycles. The third kappa shape index (κ3) is 3.85. The third-order valence-electron chi connectivity index (χ3n) is 3.06. The molecule has 0 fully saturated rings. The zero-order valence-corrected chi connectivity index (χ0v) is 13.6. The van der Waals surface area contributed by atoms with E-state index in [-0.39, 0.29) is 17.8 Å². The van der Waals surface area contributed by atoms with Gasteiger partial charge in [0.1, 0.15) is 5.69 Å². The molecule has 122 valence electrons. The predicted octanol–water partition coefficient (Wildman–Crippen LogP) is 2.22. The van der Waals surface area contributed by atoms with Crippen molar-refractivity contribution in [3.63, 3.8) is 0 Å². The number of carbonyl (C=O) groups excluding carboxylic acids is 1. The molecular weight excluding hydrogens is 328 g/mol. The Balaban J connectivity index is 1.59. The minimum Gasteiger partial charge on any atom is -0.478 e. The van der Waals surface area contributed by atoms with Gasteiger partial charge in [0, 0.05) is 29.5 Å². The maximum absolute atomic E-state index is 11.9. The zero-order chi connectivity index (χ0) is 16.9. The van der Waals surface area contributed by atoms with Crippen LogP contribution in [-0.2, 0) is 4.79 Å². The first-order valence-corrected chi connectivity index (χ1v) is 7.99. The number of ether oxygens (including phenoxy) is 1. The van der Waals surface area contributed by atoms with Crippen molar-refractivity contribution < 1.29 is 9.53 Å². The Bertz CT molecular complexity index is 905. The van der Waals surface area contributed by atoms with Crippen molar-refractivity contribution in [2.75, 3.05) is 11.9 Å². The van der Waals surface area contributed by atoms with E-state index in [1.54, 1.807) is 13.1 Å². The summed E-state index contributed by atoms with van der Waals surface area (Å²) in [4.78, 5) is 35.0. The lowest BCUT2D eigenvalue weighted by Crippen LogP contribution is -2.22. The van der Waals surface area contributed by atoms with E-state index in [1.807, 2.05) is 23.6 Å². The highest BCUT2D eigenvalue weighted by Gasteiger charge is 2.10. The minimum atomic E-state index is -0.392. The smallest absolute Gasteiger partial charge is 0.264 e. The van der Waals surface area contributed by atoms with Gasteiger partial charge >= 0.3 is 0 Å². The summed E-state index contributed by atoms with van der Waals surface area (Å²) < 4.78 is 5.23. The monoisotopic (exact) mass is 342 g/mol. The lowest BCUT2D eigenvalue weighted by atomic mass is 10.3. The number of anilines is 1. The molecule has 24 heavy (non-hydrogen) atoms. The van der Waals surface area contributed by atoms with Gasteiger partial charge in [-0.1, -0.05) is 6.07 Å². The number of carbonyl (C=O) groups is 1. The number of nitrogens with one attached hydrogen (secondary N) is 2. The molecule has 3 aromatic rings. The minimum absolute atomic E-state index is 0.101. The number of thiazole rings is 1. The number of aromatic amines is 1. The van der Waals surface area contributed by atoms with E-state index >= 15 is 0 Å². The molecule has 0 saturated heterocycles. The van der Waals surface area contributed by atoms with Gasteiger partial charge in [0.25, 0.3) is 5.91 Å². The van der Waals surface area contributed by atoms with Crippen LogP contribution in [0.15, 0.2) is 46.8 Å². The van der Waals surface area contributed by atoms with Crippen molar-refractivity contribution in [3.8, 4) is 17.1 Å². The Labute approximate surface area is 141 Å². The fourth-order valence-corrected chi connectivity index (χ4v) is 2.65. The second-order valence-corrected chi connectivity index (χ2v) is 5.79. The number of nitrogens with zero attached hydrogens (tertiary/aromatic N) is 2. The van der Waals surface area contributed by atoms with Gasteiger partial charge in [0.05, 0.1) is 5.69 Å². The number of H-pyrrole nitrogens is 1. The van der Waals surface area contributed by atoms with E-state index in [1.165, 1.54) is 23.6 Å². The van der Waals surface area contributed by atoms with E-state index in [0.29, 0.717) is 10.8 Å². The van der Waals surface area contributed by atoms with Crippen molar-refractivity contribution in [2.24, 2.45) is 0 Å². The Morgan fingerprint density at radius 1 is 1.38 bits per heavy atom. The van der Waals surface area contributed by atoms with Crippen LogP contribution < -0.4 is 15.5 Å². The highest BCUT2D eigenvalue weighted by molar-refractivity contribution is 7.14. The summed E-state index contributed by atoms with van der Waals surface area (Å²) in [7, 11) is 0. The second-order valence-electron chi connectivity index (χ2n) is 4.93. The van der Waals surface area contributed by atoms with Gasteiger partial charge in [0.2, 0.25) is 5.43 Å². The molecule has 0 unspecified atom stereocenters. The average Bonchev–Trinajstić information content (AvgIpc) is 3.03. The molecule has 3 rings (SSSR count). The van der Waals surface area contributed by atoms with E-state index in [0.717, 1.165) is 11.4 Å². The number of rotatable bonds is 5. The number of pyridine rings is 2. The fraction of sp³-hybridized carbons (Fsp3) is 0.125. The van der Waals surface area contributed by atoms with Gasteiger partial charge in [-0.25, -0.2) is 4.98 Å². The standard InChI is InChI=1S/C16H14N4O3S/c1-10-6-13(21)14(7-18-10)23-8-15(22)20-16-19-12(9-24-16)11-4-2-3-5-17-11/h2-7,9H,8H2,1H3,(H,18,21)(H,19,20,22). The van der Waals surface area contributed by atoms with Crippen LogP contribution in [0.3, 0.4) is 0 Å². The molecule has 0 aliphatic heterocycles. The first-order chi connectivity index (χ1) is 11.6. The van der Waals surface area contributed by atoms with Gasteiger partial charge in [-0.05, 0) is 19.1 Å². The second kappa shape index (κ2) is 7.05. The molecule has 0 radical (unpaired) electrons. The molecule has 2 N–H and O–H groups in total. The highest BCUT2D eigenvalue weighted by Crippen LogP contribution is 2.22. The van der Waals surface area contributed by atoms with Gasteiger partial charge in [-0.3, -0.25) is 19.9 Å². The molecule has 0 aliphatic rings. The molecule has 1 amide bonds. The molecule has 0 saturated carbocycles. The average molecular weight is 342 g/mol. The molecule has 0 aliphatic carbocycles.